The van der Waals surface area contributed by atoms with Crippen LogP contribution in [0.3, 0.4) is 0 Å². The van der Waals surface area contributed by atoms with Crippen molar-refractivity contribution in [2.75, 3.05) is 12.8 Å². The Morgan fingerprint density at radius 1 is 1.29 bits per heavy atom. The van der Waals surface area contributed by atoms with Crippen LogP contribution in [-0.4, -0.2) is 23.1 Å². The molecule has 1 rings (SSSR count). The summed E-state index contributed by atoms with van der Waals surface area (Å²) < 4.78 is 12.3. The van der Waals surface area contributed by atoms with Crippen molar-refractivity contribution in [3.8, 4) is 0 Å². The molecule has 0 aliphatic heterocycles. The average Bonchev–Trinajstić information content (AvgIpc) is 2.25. The third-order valence-electron chi connectivity index (χ3n) is 2.65. The summed E-state index contributed by atoms with van der Waals surface area (Å²) in [5, 5.41) is 4.10. The van der Waals surface area contributed by atoms with Gasteiger partial charge in [-0.05, 0) is 25.1 Å². The molecule has 1 N–H and O–H groups in total. The normalized spacial score (nSPS) is 14.9. The van der Waals surface area contributed by atoms with Crippen LogP contribution in [0.1, 0.15) is 13.8 Å². The fraction of sp³-hybridized carbons (Fsp3) is 0.500. The first-order valence-electron chi connectivity index (χ1n) is 5.47. The van der Waals surface area contributed by atoms with E-state index in [9.17, 15) is 4.21 Å². The van der Waals surface area contributed by atoms with Crippen molar-refractivity contribution in [2.24, 2.45) is 5.92 Å². The molecule has 0 saturated carbocycles. The summed E-state index contributed by atoms with van der Waals surface area (Å²) in [6.07, 6.45) is 0. The van der Waals surface area contributed by atoms with E-state index in [1.165, 1.54) is 0 Å². The zero-order valence-corrected chi connectivity index (χ0v) is 12.5. The van der Waals surface area contributed by atoms with Gasteiger partial charge in [-0.15, -0.1) is 0 Å². The van der Waals surface area contributed by atoms with Gasteiger partial charge in [-0.3, -0.25) is 4.21 Å². The molecule has 2 nitrogen and oxygen atoms in total. The van der Waals surface area contributed by atoms with Crippen molar-refractivity contribution in [2.45, 2.75) is 24.8 Å². The largest absolute Gasteiger partial charge is 0.316 e. The summed E-state index contributed by atoms with van der Waals surface area (Å²) >= 11 is 12.1. The van der Waals surface area contributed by atoms with E-state index < -0.39 is 10.8 Å². The monoisotopic (exact) mass is 293 g/mol. The van der Waals surface area contributed by atoms with E-state index >= 15 is 0 Å². The van der Waals surface area contributed by atoms with Crippen LogP contribution in [0.25, 0.3) is 0 Å². The summed E-state index contributed by atoms with van der Waals surface area (Å²) in [7, 11) is 0.688. The Kier molecular flexibility index (Phi) is 5.93. The van der Waals surface area contributed by atoms with E-state index in [0.29, 0.717) is 26.6 Å². The minimum Gasteiger partial charge on any atom is -0.316 e. The van der Waals surface area contributed by atoms with Crippen LogP contribution in [-0.2, 0) is 10.8 Å². The van der Waals surface area contributed by atoms with Gasteiger partial charge in [0.25, 0.3) is 0 Å². The lowest BCUT2D eigenvalue weighted by Gasteiger charge is -2.20. The second-order valence-corrected chi connectivity index (χ2v) is 6.45. The van der Waals surface area contributed by atoms with Crippen LogP contribution >= 0.6 is 23.2 Å². The minimum absolute atomic E-state index is 0.183. The number of rotatable bonds is 5. The van der Waals surface area contributed by atoms with Crippen LogP contribution in [0, 0.1) is 5.92 Å². The molecule has 0 amide bonds. The van der Waals surface area contributed by atoms with Gasteiger partial charge in [0.05, 0.1) is 25.7 Å². The van der Waals surface area contributed by atoms with Gasteiger partial charge < -0.3 is 5.32 Å². The molecule has 0 radical (unpaired) electrons. The van der Waals surface area contributed by atoms with Crippen LogP contribution in [0.4, 0.5) is 0 Å². The fourth-order valence-electron chi connectivity index (χ4n) is 1.56. The highest BCUT2D eigenvalue weighted by Gasteiger charge is 2.19. The van der Waals surface area contributed by atoms with Crippen LogP contribution in [0.5, 0.6) is 0 Å². The Morgan fingerprint density at radius 2 is 1.82 bits per heavy atom. The molecule has 0 aliphatic carbocycles. The molecule has 0 fully saturated rings. The standard InChI is InChI=1S/C12H17Cl2NOS/c1-8(2)11(15-3)7-17(16)12-9(13)5-4-6-10(12)14/h4-6,8,11,15H,7H2,1-3H3. The van der Waals surface area contributed by atoms with Crippen LogP contribution < -0.4 is 5.32 Å². The molecule has 17 heavy (non-hydrogen) atoms. The number of benzene rings is 1. The second-order valence-electron chi connectivity index (χ2n) is 4.20. The van der Waals surface area contributed by atoms with Gasteiger partial charge in [0, 0.05) is 11.8 Å². The molecule has 0 bridgehead atoms. The molecule has 96 valence electrons. The van der Waals surface area contributed by atoms with E-state index in [1.54, 1.807) is 18.2 Å². The summed E-state index contributed by atoms with van der Waals surface area (Å²) in [5.41, 5.74) is 0. The number of halogens is 2. The maximum atomic E-state index is 12.3. The molecule has 0 aromatic heterocycles. The third-order valence-corrected chi connectivity index (χ3v) is 5.06. The van der Waals surface area contributed by atoms with Crippen molar-refractivity contribution >= 4 is 34.0 Å². The van der Waals surface area contributed by atoms with Gasteiger partial charge in [-0.25, -0.2) is 0 Å². The van der Waals surface area contributed by atoms with Crippen molar-refractivity contribution < 1.29 is 4.21 Å². The smallest absolute Gasteiger partial charge is 0.0760 e. The molecule has 1 aromatic carbocycles. The average molecular weight is 294 g/mol. The quantitative estimate of drug-likeness (QED) is 0.902. The molecule has 0 saturated heterocycles. The highest BCUT2D eigenvalue weighted by Crippen LogP contribution is 2.28. The van der Waals surface area contributed by atoms with E-state index in [2.05, 4.69) is 19.2 Å². The summed E-state index contributed by atoms with van der Waals surface area (Å²) in [6, 6.07) is 5.36. The molecule has 5 heteroatoms. The minimum atomic E-state index is -1.18. The molecule has 2 atom stereocenters. The van der Waals surface area contributed by atoms with E-state index in [4.69, 9.17) is 23.2 Å². The second kappa shape index (κ2) is 6.74. The number of nitrogens with one attached hydrogen (secondary N) is 1. The summed E-state index contributed by atoms with van der Waals surface area (Å²) in [4.78, 5) is 0.539. The van der Waals surface area contributed by atoms with Gasteiger partial charge in [0.2, 0.25) is 0 Å². The zero-order valence-electron chi connectivity index (χ0n) is 10.2. The predicted molar refractivity (Wildman–Crippen MR) is 75.4 cm³/mol. The highest BCUT2D eigenvalue weighted by molar-refractivity contribution is 7.85. The highest BCUT2D eigenvalue weighted by atomic mass is 35.5. The summed E-state index contributed by atoms with van der Waals surface area (Å²) in [5.74, 6) is 0.919. The lowest BCUT2D eigenvalue weighted by molar-refractivity contribution is 0.462. The molecular formula is C12H17Cl2NOS. The molecule has 2 unspecified atom stereocenters. The van der Waals surface area contributed by atoms with Crippen LogP contribution in [0.2, 0.25) is 10.0 Å². The lowest BCUT2D eigenvalue weighted by Crippen LogP contribution is -2.35. The van der Waals surface area contributed by atoms with Gasteiger partial charge in [-0.2, -0.15) is 0 Å². The van der Waals surface area contributed by atoms with Crippen molar-refractivity contribution in [1.29, 1.82) is 0 Å². The van der Waals surface area contributed by atoms with E-state index in [1.807, 2.05) is 7.05 Å². The molecule has 1 aromatic rings. The Morgan fingerprint density at radius 3 is 2.24 bits per heavy atom. The van der Waals surface area contributed by atoms with Gasteiger partial charge >= 0.3 is 0 Å². The van der Waals surface area contributed by atoms with Gasteiger partial charge in [0.1, 0.15) is 0 Å². The summed E-state index contributed by atoms with van der Waals surface area (Å²) in [6.45, 7) is 4.18. The Hall–Kier alpha value is -0.0900. The molecular weight excluding hydrogens is 277 g/mol. The molecule has 0 aliphatic rings. The fourth-order valence-corrected chi connectivity index (χ4v) is 4.08. The SMILES string of the molecule is CNC(CS(=O)c1c(Cl)cccc1Cl)C(C)C. The number of hydrogen-bond acceptors (Lipinski definition) is 2. The van der Waals surface area contributed by atoms with Crippen molar-refractivity contribution in [3.05, 3.63) is 28.2 Å². The Balaban J connectivity index is 2.90. The van der Waals surface area contributed by atoms with Gasteiger partial charge in [0.15, 0.2) is 0 Å². The Bertz CT molecular complexity index is 389. The van der Waals surface area contributed by atoms with E-state index in [-0.39, 0.29) is 6.04 Å². The zero-order chi connectivity index (χ0) is 13.0. The Labute approximate surface area is 115 Å². The third kappa shape index (κ3) is 3.95. The maximum Gasteiger partial charge on any atom is 0.0760 e. The van der Waals surface area contributed by atoms with Crippen molar-refractivity contribution in [1.82, 2.24) is 5.32 Å². The van der Waals surface area contributed by atoms with Crippen molar-refractivity contribution in [3.63, 3.8) is 0 Å². The first-order valence-corrected chi connectivity index (χ1v) is 7.54. The first-order chi connectivity index (χ1) is 7.97. The first kappa shape index (κ1) is 15.0. The lowest BCUT2D eigenvalue weighted by atomic mass is 10.1. The number of hydrogen-bond donors (Lipinski definition) is 1. The molecule has 0 spiro atoms. The van der Waals surface area contributed by atoms with Gasteiger partial charge in [-0.1, -0.05) is 43.1 Å². The van der Waals surface area contributed by atoms with Crippen LogP contribution in [0.15, 0.2) is 23.1 Å². The molecule has 0 heterocycles. The maximum absolute atomic E-state index is 12.3. The van der Waals surface area contributed by atoms with E-state index in [0.717, 1.165) is 0 Å². The topological polar surface area (TPSA) is 29.1 Å². The predicted octanol–water partition coefficient (Wildman–Crippen LogP) is 3.35.